The van der Waals surface area contributed by atoms with Crippen molar-refractivity contribution in [2.24, 2.45) is 7.05 Å². The lowest BCUT2D eigenvalue weighted by Gasteiger charge is -2.09. The molecule has 0 atom stereocenters. The smallest absolute Gasteiger partial charge is 0.322 e. The summed E-state index contributed by atoms with van der Waals surface area (Å²) in [7, 11) is 2.96. The molecule has 0 fully saturated rings. The zero-order valence-corrected chi connectivity index (χ0v) is 12.8. The van der Waals surface area contributed by atoms with E-state index in [0.29, 0.717) is 16.5 Å². The molecule has 2 rings (SSSR count). The van der Waals surface area contributed by atoms with Crippen LogP contribution in [-0.4, -0.2) is 27.7 Å². The number of amides is 1. The second-order valence-electron chi connectivity index (χ2n) is 4.46. The fourth-order valence-corrected chi connectivity index (χ4v) is 2.10. The van der Waals surface area contributed by atoms with Crippen molar-refractivity contribution in [3.63, 3.8) is 0 Å². The highest BCUT2D eigenvalue weighted by Gasteiger charge is 2.29. The molecule has 1 heterocycles. The van der Waals surface area contributed by atoms with Gasteiger partial charge in [0.25, 0.3) is 5.91 Å². The van der Waals surface area contributed by atoms with Crippen molar-refractivity contribution in [3.05, 3.63) is 44.7 Å². The van der Waals surface area contributed by atoms with Crippen LogP contribution in [0.2, 0.25) is 5.02 Å². The molecule has 1 aromatic heterocycles. The molecule has 116 valence electrons. The highest BCUT2D eigenvalue weighted by molar-refractivity contribution is 6.31. The number of aryl methyl sites for hydroxylation is 1. The maximum absolute atomic E-state index is 12.3. The first-order chi connectivity index (χ1) is 10.3. The first-order valence-corrected chi connectivity index (χ1v) is 6.55. The van der Waals surface area contributed by atoms with Gasteiger partial charge in [-0.05, 0) is 25.1 Å². The fraction of sp³-hybridized carbons (Fsp3) is 0.231. The number of nitrogens with one attached hydrogen (secondary N) is 1. The van der Waals surface area contributed by atoms with Crippen LogP contribution >= 0.6 is 11.6 Å². The number of methoxy groups -OCH3 is 1. The number of nitrogens with zero attached hydrogens (tertiary/aromatic N) is 3. The Hall–Kier alpha value is -2.61. The molecule has 0 saturated carbocycles. The lowest BCUT2D eigenvalue weighted by molar-refractivity contribution is -0.385. The van der Waals surface area contributed by atoms with Gasteiger partial charge in [0.1, 0.15) is 11.4 Å². The van der Waals surface area contributed by atoms with Crippen molar-refractivity contribution in [1.82, 2.24) is 9.78 Å². The summed E-state index contributed by atoms with van der Waals surface area (Å²) >= 11 is 5.88. The van der Waals surface area contributed by atoms with Crippen LogP contribution in [-0.2, 0) is 7.05 Å². The summed E-state index contributed by atoms with van der Waals surface area (Å²) in [6, 6.07) is 4.67. The van der Waals surface area contributed by atoms with Crippen LogP contribution in [0, 0.1) is 17.0 Å². The van der Waals surface area contributed by atoms with Crippen molar-refractivity contribution in [2.45, 2.75) is 6.92 Å². The molecular formula is C13H13ClN4O4. The molecule has 8 nitrogen and oxygen atoms in total. The lowest BCUT2D eigenvalue weighted by Crippen LogP contribution is -2.15. The minimum absolute atomic E-state index is 0.271. The van der Waals surface area contributed by atoms with E-state index in [1.807, 2.05) is 0 Å². The summed E-state index contributed by atoms with van der Waals surface area (Å²) in [5.74, 6) is -0.330. The highest BCUT2D eigenvalue weighted by Crippen LogP contribution is 2.29. The summed E-state index contributed by atoms with van der Waals surface area (Å²) in [5.41, 5.74) is -0.0150. The summed E-state index contributed by atoms with van der Waals surface area (Å²) in [5, 5.41) is 17.9. The van der Waals surface area contributed by atoms with Crippen molar-refractivity contribution < 1.29 is 14.5 Å². The topological polar surface area (TPSA) is 99.3 Å². The van der Waals surface area contributed by atoms with E-state index in [0.717, 1.165) is 0 Å². The summed E-state index contributed by atoms with van der Waals surface area (Å²) < 4.78 is 6.39. The number of anilines is 1. The Bertz CT molecular complexity index is 757. The zero-order chi connectivity index (χ0) is 16.4. The number of carbonyl (C=O) groups is 1. The second kappa shape index (κ2) is 6.02. The molecule has 0 aliphatic heterocycles. The van der Waals surface area contributed by atoms with Gasteiger partial charge in [-0.25, -0.2) is 0 Å². The van der Waals surface area contributed by atoms with Crippen molar-refractivity contribution in [3.8, 4) is 5.75 Å². The largest absolute Gasteiger partial charge is 0.495 e. The third-order valence-corrected chi connectivity index (χ3v) is 3.34. The number of rotatable bonds is 4. The monoisotopic (exact) mass is 324 g/mol. The Labute approximate surface area is 130 Å². The van der Waals surface area contributed by atoms with Crippen LogP contribution in [0.4, 0.5) is 11.4 Å². The lowest BCUT2D eigenvalue weighted by atomic mass is 10.2. The van der Waals surface area contributed by atoms with Gasteiger partial charge in [-0.2, -0.15) is 5.10 Å². The normalized spacial score (nSPS) is 10.4. The van der Waals surface area contributed by atoms with Gasteiger partial charge >= 0.3 is 5.69 Å². The summed E-state index contributed by atoms with van der Waals surface area (Å²) in [6.45, 7) is 1.52. The Morgan fingerprint density at radius 2 is 2.18 bits per heavy atom. The number of hydrogen-bond donors (Lipinski definition) is 1. The SMILES string of the molecule is COc1ccc(Cl)cc1NC(=O)c1nn(C)c(C)c1[N+](=O)[O-]. The van der Waals surface area contributed by atoms with Crippen LogP contribution in [0.5, 0.6) is 5.75 Å². The number of halogens is 1. The van der Waals surface area contributed by atoms with E-state index in [1.54, 1.807) is 12.1 Å². The Morgan fingerprint density at radius 3 is 2.77 bits per heavy atom. The third-order valence-electron chi connectivity index (χ3n) is 3.11. The van der Waals surface area contributed by atoms with E-state index in [4.69, 9.17) is 16.3 Å². The van der Waals surface area contributed by atoms with Gasteiger partial charge in [0.05, 0.1) is 17.7 Å². The van der Waals surface area contributed by atoms with E-state index in [9.17, 15) is 14.9 Å². The van der Waals surface area contributed by atoms with Crippen LogP contribution in [0.3, 0.4) is 0 Å². The van der Waals surface area contributed by atoms with Crippen LogP contribution in [0.25, 0.3) is 0 Å². The number of carbonyl (C=O) groups excluding carboxylic acids is 1. The van der Waals surface area contributed by atoms with Gasteiger partial charge in [-0.15, -0.1) is 0 Å². The number of ether oxygens (including phenoxy) is 1. The molecule has 0 spiro atoms. The molecule has 0 bridgehead atoms. The molecular weight excluding hydrogens is 312 g/mol. The third kappa shape index (κ3) is 2.86. The Balaban J connectivity index is 2.40. The molecule has 0 radical (unpaired) electrons. The van der Waals surface area contributed by atoms with E-state index >= 15 is 0 Å². The van der Waals surface area contributed by atoms with E-state index < -0.39 is 10.8 Å². The molecule has 2 aromatic rings. The average Bonchev–Trinajstić information content (AvgIpc) is 2.75. The highest BCUT2D eigenvalue weighted by atomic mass is 35.5. The predicted molar refractivity (Wildman–Crippen MR) is 80.6 cm³/mol. The van der Waals surface area contributed by atoms with Gasteiger partial charge < -0.3 is 10.1 Å². The molecule has 9 heteroatoms. The van der Waals surface area contributed by atoms with Crippen molar-refractivity contribution in [2.75, 3.05) is 12.4 Å². The number of benzene rings is 1. The molecule has 1 aromatic carbocycles. The molecule has 0 aliphatic rings. The van der Waals surface area contributed by atoms with Gasteiger partial charge in [-0.1, -0.05) is 11.6 Å². The molecule has 0 unspecified atom stereocenters. The van der Waals surface area contributed by atoms with Crippen molar-refractivity contribution >= 4 is 28.9 Å². The minimum atomic E-state index is -0.712. The first-order valence-electron chi connectivity index (χ1n) is 6.18. The molecule has 1 N–H and O–H groups in total. The van der Waals surface area contributed by atoms with Crippen LogP contribution in [0.15, 0.2) is 18.2 Å². The van der Waals surface area contributed by atoms with Gasteiger partial charge in [-0.3, -0.25) is 19.6 Å². The van der Waals surface area contributed by atoms with Gasteiger partial charge in [0.2, 0.25) is 5.69 Å². The maximum atomic E-state index is 12.3. The maximum Gasteiger partial charge on any atom is 0.322 e. The van der Waals surface area contributed by atoms with Crippen LogP contribution < -0.4 is 10.1 Å². The first kappa shape index (κ1) is 15.8. The fourth-order valence-electron chi connectivity index (χ4n) is 1.93. The minimum Gasteiger partial charge on any atom is -0.495 e. The van der Waals surface area contributed by atoms with Gasteiger partial charge in [0.15, 0.2) is 0 Å². The zero-order valence-electron chi connectivity index (χ0n) is 12.1. The molecule has 0 aliphatic carbocycles. The quantitative estimate of drug-likeness (QED) is 0.688. The number of nitro groups is 1. The Morgan fingerprint density at radius 1 is 1.50 bits per heavy atom. The van der Waals surface area contributed by atoms with E-state index in [1.165, 1.54) is 31.8 Å². The summed E-state index contributed by atoms with van der Waals surface area (Å²) in [6.07, 6.45) is 0. The second-order valence-corrected chi connectivity index (χ2v) is 4.90. The molecule has 0 saturated heterocycles. The number of aromatic nitrogens is 2. The van der Waals surface area contributed by atoms with E-state index in [-0.39, 0.29) is 17.1 Å². The predicted octanol–water partition coefficient (Wildman–Crippen LogP) is 2.55. The van der Waals surface area contributed by atoms with Crippen molar-refractivity contribution in [1.29, 1.82) is 0 Å². The van der Waals surface area contributed by atoms with Gasteiger partial charge in [0, 0.05) is 12.1 Å². The Kier molecular flexibility index (Phi) is 4.32. The average molecular weight is 325 g/mol. The standard InChI is InChI=1S/C13H13ClN4O4/c1-7-12(18(20)21)11(16-17(7)2)13(19)15-9-6-8(14)4-5-10(9)22-3/h4-6H,1-3H3,(H,15,19). The van der Waals surface area contributed by atoms with Crippen LogP contribution in [0.1, 0.15) is 16.2 Å². The number of hydrogen-bond acceptors (Lipinski definition) is 5. The summed E-state index contributed by atoms with van der Waals surface area (Å²) in [4.78, 5) is 22.8. The molecule has 1 amide bonds. The molecule has 22 heavy (non-hydrogen) atoms. The van der Waals surface area contributed by atoms with E-state index in [2.05, 4.69) is 10.4 Å².